The second-order valence-corrected chi connectivity index (χ2v) is 5.67. The maximum absolute atomic E-state index is 13.7. The van der Waals surface area contributed by atoms with E-state index in [2.05, 4.69) is 51.4 Å². The molecule has 2 aromatic carbocycles. The van der Waals surface area contributed by atoms with E-state index >= 15 is 0 Å². The lowest BCUT2D eigenvalue weighted by Crippen LogP contribution is -2.19. The molecule has 0 radical (unpaired) electrons. The van der Waals surface area contributed by atoms with Crippen LogP contribution in [0, 0.1) is 12.7 Å². The van der Waals surface area contributed by atoms with Gasteiger partial charge in [-0.3, -0.25) is 0 Å². The number of hydrogen-bond acceptors (Lipinski definition) is 5. The summed E-state index contributed by atoms with van der Waals surface area (Å²) in [5, 5.41) is 11.0. The van der Waals surface area contributed by atoms with Crippen molar-refractivity contribution in [2.75, 3.05) is 16.8 Å². The third-order valence-corrected chi connectivity index (χ3v) is 3.85. The van der Waals surface area contributed by atoms with Crippen LogP contribution in [-0.2, 0) is 6.54 Å². The molecule has 1 N–H and O–H groups in total. The number of anilines is 3. The lowest BCUT2D eigenvalue weighted by Gasteiger charge is -2.22. The first-order chi connectivity index (χ1) is 12.2. The Morgan fingerprint density at radius 1 is 1.12 bits per heavy atom. The van der Waals surface area contributed by atoms with Gasteiger partial charge in [-0.2, -0.15) is 10.1 Å². The molecule has 0 bridgehead atoms. The Labute approximate surface area is 146 Å². The third kappa shape index (κ3) is 4.09. The Balaban J connectivity index is 1.79. The van der Waals surface area contributed by atoms with E-state index < -0.39 is 0 Å². The van der Waals surface area contributed by atoms with Gasteiger partial charge >= 0.3 is 0 Å². The molecule has 0 saturated heterocycles. The fourth-order valence-corrected chi connectivity index (χ4v) is 2.59. The topological polar surface area (TPSA) is 53.9 Å². The van der Waals surface area contributed by atoms with E-state index in [1.807, 2.05) is 12.1 Å². The number of nitrogens with zero attached hydrogens (tertiary/aromatic N) is 4. The number of aryl methyl sites for hydroxylation is 1. The highest BCUT2D eigenvalue weighted by Gasteiger charge is 2.11. The Bertz CT molecular complexity index is 852. The number of rotatable bonds is 6. The number of benzene rings is 2. The van der Waals surface area contributed by atoms with E-state index in [-0.39, 0.29) is 5.82 Å². The number of aromatic nitrogens is 3. The molecule has 25 heavy (non-hydrogen) atoms. The fourth-order valence-electron chi connectivity index (χ4n) is 2.59. The molecule has 1 heterocycles. The average Bonchev–Trinajstić information content (AvgIpc) is 2.62. The summed E-state index contributed by atoms with van der Waals surface area (Å²) in [6.45, 7) is 5.15. The van der Waals surface area contributed by atoms with Gasteiger partial charge in [0, 0.05) is 24.3 Å². The second kappa shape index (κ2) is 7.70. The first kappa shape index (κ1) is 16.8. The van der Waals surface area contributed by atoms with Crippen LogP contribution in [0.1, 0.15) is 18.1 Å². The van der Waals surface area contributed by atoms with Crippen LogP contribution in [-0.4, -0.2) is 21.7 Å². The summed E-state index contributed by atoms with van der Waals surface area (Å²) in [6.07, 6.45) is 1.63. The molecule has 0 aliphatic heterocycles. The maximum Gasteiger partial charge on any atom is 0.244 e. The summed E-state index contributed by atoms with van der Waals surface area (Å²) in [5.41, 5.74) is 2.78. The predicted molar refractivity (Wildman–Crippen MR) is 97.4 cm³/mol. The molecule has 1 aromatic heterocycles. The normalized spacial score (nSPS) is 10.5. The van der Waals surface area contributed by atoms with Gasteiger partial charge in [0.2, 0.25) is 5.95 Å². The molecule has 0 aliphatic rings. The minimum Gasteiger partial charge on any atom is -0.349 e. The minimum absolute atomic E-state index is 0.256. The molecule has 6 heteroatoms. The van der Waals surface area contributed by atoms with Crippen molar-refractivity contribution in [3.63, 3.8) is 0 Å². The van der Waals surface area contributed by atoms with Gasteiger partial charge < -0.3 is 10.2 Å². The van der Waals surface area contributed by atoms with E-state index in [4.69, 9.17) is 0 Å². The van der Waals surface area contributed by atoms with E-state index in [0.29, 0.717) is 23.9 Å². The number of hydrogen-bond donors (Lipinski definition) is 1. The Kier molecular flexibility index (Phi) is 5.18. The zero-order valence-electron chi connectivity index (χ0n) is 14.3. The molecular formula is C19H20FN5. The number of nitrogens with one attached hydrogen (secondary N) is 1. The lowest BCUT2D eigenvalue weighted by molar-refractivity contribution is 0.612. The predicted octanol–water partition coefficient (Wildman–Crippen LogP) is 4.09. The van der Waals surface area contributed by atoms with Crippen LogP contribution in [0.4, 0.5) is 21.8 Å². The summed E-state index contributed by atoms with van der Waals surface area (Å²) < 4.78 is 13.7. The van der Waals surface area contributed by atoms with Gasteiger partial charge in [0.05, 0.1) is 6.20 Å². The monoisotopic (exact) mass is 337 g/mol. The van der Waals surface area contributed by atoms with E-state index in [0.717, 1.165) is 12.2 Å². The number of halogens is 1. The summed E-state index contributed by atoms with van der Waals surface area (Å²) in [4.78, 5) is 6.57. The molecule has 0 unspecified atom stereocenters. The zero-order chi connectivity index (χ0) is 17.6. The highest BCUT2D eigenvalue weighted by molar-refractivity contribution is 5.60. The SMILES string of the molecule is CCN(c1cccc(C)c1)c1cnnc(NCc2ccccc2F)n1. The summed E-state index contributed by atoms with van der Waals surface area (Å²) in [5.74, 6) is 0.806. The first-order valence-electron chi connectivity index (χ1n) is 8.18. The third-order valence-electron chi connectivity index (χ3n) is 3.85. The van der Waals surface area contributed by atoms with Gasteiger partial charge in [-0.1, -0.05) is 30.3 Å². The van der Waals surface area contributed by atoms with Crippen LogP contribution in [0.3, 0.4) is 0 Å². The molecule has 0 spiro atoms. The molecular weight excluding hydrogens is 317 g/mol. The van der Waals surface area contributed by atoms with Crippen molar-refractivity contribution < 1.29 is 4.39 Å². The molecule has 0 fully saturated rings. The lowest BCUT2D eigenvalue weighted by atomic mass is 10.2. The van der Waals surface area contributed by atoms with Gasteiger partial charge in [-0.25, -0.2) is 4.39 Å². The Morgan fingerprint density at radius 3 is 2.72 bits per heavy atom. The fraction of sp³-hybridized carbons (Fsp3) is 0.211. The van der Waals surface area contributed by atoms with Crippen LogP contribution in [0.15, 0.2) is 54.7 Å². The van der Waals surface area contributed by atoms with E-state index in [1.54, 1.807) is 24.4 Å². The molecule has 0 saturated carbocycles. The van der Waals surface area contributed by atoms with Crippen molar-refractivity contribution >= 4 is 17.5 Å². The van der Waals surface area contributed by atoms with Crippen molar-refractivity contribution in [2.45, 2.75) is 20.4 Å². The van der Waals surface area contributed by atoms with Crippen LogP contribution in [0.5, 0.6) is 0 Å². The molecule has 3 rings (SSSR count). The van der Waals surface area contributed by atoms with Crippen LogP contribution >= 0.6 is 0 Å². The minimum atomic E-state index is -0.256. The molecule has 5 nitrogen and oxygen atoms in total. The first-order valence-corrected chi connectivity index (χ1v) is 8.18. The Hall–Kier alpha value is -3.02. The van der Waals surface area contributed by atoms with Crippen molar-refractivity contribution in [3.05, 3.63) is 71.7 Å². The molecule has 128 valence electrons. The van der Waals surface area contributed by atoms with Crippen molar-refractivity contribution in [3.8, 4) is 0 Å². The van der Waals surface area contributed by atoms with Gasteiger partial charge in [0.1, 0.15) is 5.82 Å². The largest absolute Gasteiger partial charge is 0.349 e. The Morgan fingerprint density at radius 2 is 1.96 bits per heavy atom. The van der Waals surface area contributed by atoms with Gasteiger partial charge in [0.15, 0.2) is 5.82 Å². The summed E-state index contributed by atoms with van der Waals surface area (Å²) in [7, 11) is 0. The van der Waals surface area contributed by atoms with Crippen LogP contribution in [0.25, 0.3) is 0 Å². The highest BCUT2D eigenvalue weighted by atomic mass is 19.1. The maximum atomic E-state index is 13.7. The molecule has 0 atom stereocenters. The van der Waals surface area contributed by atoms with Gasteiger partial charge in [-0.05, 0) is 37.6 Å². The van der Waals surface area contributed by atoms with Crippen LogP contribution < -0.4 is 10.2 Å². The summed E-state index contributed by atoms with van der Waals surface area (Å²) >= 11 is 0. The second-order valence-electron chi connectivity index (χ2n) is 5.67. The molecule has 0 amide bonds. The van der Waals surface area contributed by atoms with Gasteiger partial charge in [0.25, 0.3) is 0 Å². The zero-order valence-corrected chi connectivity index (χ0v) is 14.3. The van der Waals surface area contributed by atoms with E-state index in [9.17, 15) is 4.39 Å². The smallest absolute Gasteiger partial charge is 0.244 e. The molecule has 3 aromatic rings. The highest BCUT2D eigenvalue weighted by Crippen LogP contribution is 2.24. The van der Waals surface area contributed by atoms with Crippen molar-refractivity contribution in [1.29, 1.82) is 0 Å². The summed E-state index contributed by atoms with van der Waals surface area (Å²) in [6, 6.07) is 14.8. The van der Waals surface area contributed by atoms with Gasteiger partial charge in [-0.15, -0.1) is 5.10 Å². The van der Waals surface area contributed by atoms with Crippen molar-refractivity contribution in [1.82, 2.24) is 15.2 Å². The average molecular weight is 337 g/mol. The van der Waals surface area contributed by atoms with Crippen LogP contribution in [0.2, 0.25) is 0 Å². The molecule has 0 aliphatic carbocycles. The van der Waals surface area contributed by atoms with Crippen molar-refractivity contribution in [2.24, 2.45) is 0 Å². The quantitative estimate of drug-likeness (QED) is 0.734. The van der Waals surface area contributed by atoms with E-state index in [1.165, 1.54) is 11.6 Å². The standard InChI is InChI=1S/C19H20FN5/c1-3-25(16-9-6-7-14(2)11-16)18-13-22-24-19(23-18)21-12-15-8-4-5-10-17(15)20/h4-11,13H,3,12H2,1-2H3,(H,21,23,24).